The van der Waals surface area contributed by atoms with Gasteiger partial charge < -0.3 is 29.7 Å². The minimum atomic E-state index is -1.15. The monoisotopic (exact) mass is 459 g/mol. The van der Waals surface area contributed by atoms with Crippen molar-refractivity contribution in [1.82, 2.24) is 5.32 Å². The molecule has 9 heteroatoms. The average molecular weight is 459 g/mol. The molecule has 0 aliphatic rings. The van der Waals surface area contributed by atoms with E-state index < -0.39 is 35.8 Å². The lowest BCUT2D eigenvalue weighted by atomic mass is 10.1. The quantitative estimate of drug-likeness (QED) is 0.311. The van der Waals surface area contributed by atoms with Crippen LogP contribution in [0.25, 0.3) is 0 Å². The Bertz CT molecular complexity index is 968. The SMILES string of the molecule is CC(COC(=O)C(Cc1ccc(O)c(O)c1)NC(=O)OC(C)(C)C)OC(=O)c1ccccc1. The van der Waals surface area contributed by atoms with Crippen LogP contribution in [-0.2, 0) is 25.4 Å². The first kappa shape index (κ1) is 25.5. The van der Waals surface area contributed by atoms with Gasteiger partial charge >= 0.3 is 18.0 Å². The topological polar surface area (TPSA) is 131 Å². The van der Waals surface area contributed by atoms with Crippen molar-refractivity contribution in [1.29, 1.82) is 0 Å². The lowest BCUT2D eigenvalue weighted by molar-refractivity contribution is -0.149. The Morgan fingerprint density at radius 2 is 1.67 bits per heavy atom. The van der Waals surface area contributed by atoms with Crippen LogP contribution in [0.15, 0.2) is 48.5 Å². The first-order valence-electron chi connectivity index (χ1n) is 10.4. The fourth-order valence-corrected chi connectivity index (χ4v) is 2.73. The fourth-order valence-electron chi connectivity index (χ4n) is 2.73. The van der Waals surface area contributed by atoms with Gasteiger partial charge in [0.25, 0.3) is 0 Å². The summed E-state index contributed by atoms with van der Waals surface area (Å²) in [6.45, 7) is 6.38. The molecule has 3 N–H and O–H groups in total. The molecule has 2 unspecified atom stereocenters. The van der Waals surface area contributed by atoms with Crippen molar-refractivity contribution in [3.63, 3.8) is 0 Å². The van der Waals surface area contributed by atoms with Gasteiger partial charge in [0.1, 0.15) is 24.4 Å². The Labute approximate surface area is 192 Å². The minimum Gasteiger partial charge on any atom is -0.504 e. The van der Waals surface area contributed by atoms with E-state index in [1.165, 1.54) is 18.2 Å². The number of alkyl carbamates (subject to hydrolysis) is 1. The first-order valence-corrected chi connectivity index (χ1v) is 10.4. The van der Waals surface area contributed by atoms with Crippen molar-refractivity contribution in [2.75, 3.05) is 6.61 Å². The molecule has 33 heavy (non-hydrogen) atoms. The number of ether oxygens (including phenoxy) is 3. The van der Waals surface area contributed by atoms with Crippen LogP contribution in [-0.4, -0.2) is 52.6 Å². The molecule has 0 spiro atoms. The number of hydrogen-bond donors (Lipinski definition) is 3. The Hall–Kier alpha value is -3.75. The molecule has 0 fully saturated rings. The number of phenolic OH excluding ortho intramolecular Hbond substituents is 2. The molecule has 0 saturated carbocycles. The first-order chi connectivity index (χ1) is 15.4. The summed E-state index contributed by atoms with van der Waals surface area (Å²) in [6, 6.07) is 11.3. The van der Waals surface area contributed by atoms with Crippen molar-refractivity contribution in [2.24, 2.45) is 0 Å². The third kappa shape index (κ3) is 8.72. The maximum Gasteiger partial charge on any atom is 0.408 e. The number of rotatable bonds is 8. The molecular weight excluding hydrogens is 430 g/mol. The molecule has 0 saturated heterocycles. The number of nitrogens with one attached hydrogen (secondary N) is 1. The number of hydrogen-bond acceptors (Lipinski definition) is 8. The third-order valence-corrected chi connectivity index (χ3v) is 4.23. The van der Waals surface area contributed by atoms with E-state index in [9.17, 15) is 24.6 Å². The smallest absolute Gasteiger partial charge is 0.408 e. The highest BCUT2D eigenvalue weighted by molar-refractivity contribution is 5.89. The number of carbonyl (C=O) groups excluding carboxylic acids is 3. The Balaban J connectivity index is 2.02. The highest BCUT2D eigenvalue weighted by Crippen LogP contribution is 2.25. The van der Waals surface area contributed by atoms with Crippen LogP contribution in [0.1, 0.15) is 43.6 Å². The second-order valence-corrected chi connectivity index (χ2v) is 8.44. The molecule has 0 aliphatic carbocycles. The van der Waals surface area contributed by atoms with Crippen molar-refractivity contribution in [2.45, 2.75) is 51.9 Å². The van der Waals surface area contributed by atoms with E-state index in [4.69, 9.17) is 14.2 Å². The summed E-state index contributed by atoms with van der Waals surface area (Å²) in [5, 5.41) is 21.7. The molecule has 0 aromatic heterocycles. The number of carbonyl (C=O) groups is 3. The fraction of sp³-hybridized carbons (Fsp3) is 0.375. The number of benzene rings is 2. The Morgan fingerprint density at radius 1 is 1.00 bits per heavy atom. The zero-order valence-corrected chi connectivity index (χ0v) is 19.0. The van der Waals surface area contributed by atoms with Crippen LogP contribution >= 0.6 is 0 Å². The maximum absolute atomic E-state index is 12.7. The summed E-state index contributed by atoms with van der Waals surface area (Å²) in [5.41, 5.74) is 0.0503. The molecule has 2 aromatic rings. The van der Waals surface area contributed by atoms with E-state index in [1.807, 2.05) is 0 Å². The van der Waals surface area contributed by atoms with Crippen molar-refractivity contribution >= 4 is 18.0 Å². The summed E-state index contributed by atoms with van der Waals surface area (Å²) < 4.78 is 15.7. The zero-order valence-electron chi connectivity index (χ0n) is 19.0. The van der Waals surface area contributed by atoms with E-state index in [-0.39, 0.29) is 24.5 Å². The number of phenols is 2. The average Bonchev–Trinajstić information content (AvgIpc) is 2.73. The summed E-state index contributed by atoms with van der Waals surface area (Å²) in [6.07, 6.45) is -1.60. The molecule has 0 aliphatic heterocycles. The lowest BCUT2D eigenvalue weighted by Gasteiger charge is -2.23. The van der Waals surface area contributed by atoms with Crippen molar-refractivity contribution in [3.8, 4) is 11.5 Å². The molecular formula is C24H29NO8. The van der Waals surface area contributed by atoms with Gasteiger partial charge in [-0.2, -0.15) is 0 Å². The largest absolute Gasteiger partial charge is 0.504 e. The van der Waals surface area contributed by atoms with Gasteiger partial charge in [-0.1, -0.05) is 24.3 Å². The standard InChI is InChI=1S/C24H29NO8/c1-15(32-21(28)17-8-6-5-7-9-17)14-31-22(29)18(25-23(30)33-24(2,3)4)12-16-10-11-19(26)20(27)13-16/h5-11,13,15,18,26-27H,12,14H2,1-4H3,(H,25,30). The van der Waals surface area contributed by atoms with E-state index >= 15 is 0 Å². The number of amides is 1. The van der Waals surface area contributed by atoms with E-state index in [0.29, 0.717) is 11.1 Å². The number of aromatic hydroxyl groups is 2. The van der Waals surface area contributed by atoms with Crippen LogP contribution in [0.2, 0.25) is 0 Å². The molecule has 178 valence electrons. The molecule has 9 nitrogen and oxygen atoms in total. The summed E-state index contributed by atoms with van der Waals surface area (Å²) in [7, 11) is 0. The van der Waals surface area contributed by atoms with Gasteiger partial charge in [0.15, 0.2) is 11.5 Å². The van der Waals surface area contributed by atoms with Crippen LogP contribution < -0.4 is 5.32 Å². The van der Waals surface area contributed by atoms with Gasteiger partial charge in [-0.15, -0.1) is 0 Å². The molecule has 2 rings (SSSR count). The molecule has 2 atom stereocenters. The lowest BCUT2D eigenvalue weighted by Crippen LogP contribution is -2.46. The molecule has 0 radical (unpaired) electrons. The van der Waals surface area contributed by atoms with Gasteiger partial charge in [0.2, 0.25) is 0 Å². The van der Waals surface area contributed by atoms with Gasteiger partial charge in [-0.3, -0.25) is 0 Å². The van der Waals surface area contributed by atoms with E-state index in [0.717, 1.165) is 0 Å². The van der Waals surface area contributed by atoms with Gasteiger partial charge in [0, 0.05) is 6.42 Å². The van der Waals surface area contributed by atoms with Crippen molar-refractivity contribution < 1.29 is 38.8 Å². The van der Waals surface area contributed by atoms with Crippen LogP contribution in [0, 0.1) is 0 Å². The predicted octanol–water partition coefficient (Wildman–Crippen LogP) is 3.32. The predicted molar refractivity (Wildman–Crippen MR) is 119 cm³/mol. The van der Waals surface area contributed by atoms with Gasteiger partial charge in [-0.05, 0) is 57.5 Å². The van der Waals surface area contributed by atoms with Gasteiger partial charge in [-0.25, -0.2) is 14.4 Å². The van der Waals surface area contributed by atoms with Crippen LogP contribution in [0.5, 0.6) is 11.5 Å². The molecule has 0 bridgehead atoms. The number of esters is 2. The summed E-state index contributed by atoms with van der Waals surface area (Å²) in [5.74, 6) is -2.01. The Kier molecular flexibility index (Phi) is 8.67. The summed E-state index contributed by atoms with van der Waals surface area (Å²) in [4.78, 5) is 37.1. The Morgan fingerprint density at radius 3 is 2.27 bits per heavy atom. The van der Waals surface area contributed by atoms with E-state index in [1.54, 1.807) is 58.0 Å². The second kappa shape index (κ2) is 11.2. The van der Waals surface area contributed by atoms with Crippen molar-refractivity contribution in [3.05, 3.63) is 59.7 Å². The van der Waals surface area contributed by atoms with E-state index in [2.05, 4.69) is 5.32 Å². The van der Waals surface area contributed by atoms with Crippen LogP contribution in [0.4, 0.5) is 4.79 Å². The highest BCUT2D eigenvalue weighted by atomic mass is 16.6. The van der Waals surface area contributed by atoms with Crippen LogP contribution in [0.3, 0.4) is 0 Å². The molecule has 1 amide bonds. The normalized spacial score (nSPS) is 12.8. The molecule has 0 heterocycles. The highest BCUT2D eigenvalue weighted by Gasteiger charge is 2.27. The summed E-state index contributed by atoms with van der Waals surface area (Å²) >= 11 is 0. The molecule has 2 aromatic carbocycles. The second-order valence-electron chi connectivity index (χ2n) is 8.44. The zero-order chi connectivity index (χ0) is 24.6. The van der Waals surface area contributed by atoms with Gasteiger partial charge in [0.05, 0.1) is 5.56 Å². The maximum atomic E-state index is 12.7. The third-order valence-electron chi connectivity index (χ3n) is 4.23. The minimum absolute atomic E-state index is 0.0376.